The molecule has 5 aromatic rings. The second kappa shape index (κ2) is 8.80. The molecular formula is C27H22ClN5O3. The third-order valence-electron chi connectivity index (χ3n) is 6.47. The Morgan fingerprint density at radius 3 is 2.83 bits per heavy atom. The molecule has 6 rings (SSSR count). The maximum atomic E-state index is 11.6. The number of aromatic amines is 1. The van der Waals surface area contributed by atoms with Gasteiger partial charge in [0.1, 0.15) is 23.7 Å². The fourth-order valence-electron chi connectivity index (χ4n) is 4.77. The lowest BCUT2D eigenvalue weighted by atomic mass is 9.89. The Morgan fingerprint density at radius 2 is 2.03 bits per heavy atom. The number of nitrogens with zero attached hydrogens (tertiary/aromatic N) is 4. The number of benzene rings is 2. The van der Waals surface area contributed by atoms with Gasteiger partial charge >= 0.3 is 5.76 Å². The SMILES string of the molecule is CCc1nc2c(Cl)ccnc2n1Cc1ccc2c(c1)COc1ccccc1C2=C(C)c1noc(=O)[nH]1. The van der Waals surface area contributed by atoms with Crippen LogP contribution in [0.15, 0.2) is 64.0 Å². The van der Waals surface area contributed by atoms with Crippen molar-refractivity contribution >= 4 is 33.9 Å². The van der Waals surface area contributed by atoms with Crippen LogP contribution in [0, 0.1) is 0 Å². The minimum atomic E-state index is -0.591. The highest BCUT2D eigenvalue weighted by Crippen LogP contribution is 2.40. The van der Waals surface area contributed by atoms with Crippen LogP contribution in [-0.2, 0) is 19.6 Å². The van der Waals surface area contributed by atoms with E-state index in [0.717, 1.165) is 57.0 Å². The van der Waals surface area contributed by atoms with Crippen molar-refractivity contribution in [3.63, 3.8) is 0 Å². The summed E-state index contributed by atoms with van der Waals surface area (Å²) in [6.07, 6.45) is 2.47. The van der Waals surface area contributed by atoms with Crippen molar-refractivity contribution in [3.05, 3.63) is 104 Å². The lowest BCUT2D eigenvalue weighted by molar-refractivity contribution is 0.307. The molecule has 1 N–H and O–H groups in total. The Kier molecular flexibility index (Phi) is 5.45. The van der Waals surface area contributed by atoms with Gasteiger partial charge in [0.2, 0.25) is 0 Å². The lowest BCUT2D eigenvalue weighted by Gasteiger charge is -2.15. The first-order chi connectivity index (χ1) is 17.5. The first-order valence-corrected chi connectivity index (χ1v) is 12.0. The summed E-state index contributed by atoms with van der Waals surface area (Å²) in [4.78, 5) is 23.6. The van der Waals surface area contributed by atoms with Crippen molar-refractivity contribution in [1.82, 2.24) is 24.7 Å². The molecule has 0 aliphatic carbocycles. The van der Waals surface area contributed by atoms with Gasteiger partial charge in [0, 0.05) is 23.8 Å². The zero-order chi connectivity index (χ0) is 24.8. The molecule has 4 heterocycles. The van der Waals surface area contributed by atoms with Crippen LogP contribution in [-0.4, -0.2) is 24.7 Å². The van der Waals surface area contributed by atoms with Gasteiger partial charge in [0.25, 0.3) is 0 Å². The number of nitrogens with one attached hydrogen (secondary N) is 1. The Bertz CT molecular complexity index is 1710. The Labute approximate surface area is 211 Å². The number of aryl methyl sites for hydroxylation is 1. The minimum Gasteiger partial charge on any atom is -0.488 e. The van der Waals surface area contributed by atoms with Gasteiger partial charge in [-0.3, -0.25) is 9.51 Å². The summed E-state index contributed by atoms with van der Waals surface area (Å²) in [5, 5.41) is 4.52. The van der Waals surface area contributed by atoms with E-state index in [1.54, 1.807) is 12.3 Å². The molecule has 3 aromatic heterocycles. The number of allylic oxidation sites excluding steroid dienone is 1. The van der Waals surface area contributed by atoms with Gasteiger partial charge in [0.15, 0.2) is 11.5 Å². The fraction of sp³-hybridized carbons (Fsp3) is 0.185. The molecule has 1 aliphatic rings. The van der Waals surface area contributed by atoms with E-state index < -0.39 is 5.76 Å². The lowest BCUT2D eigenvalue weighted by Crippen LogP contribution is -2.07. The standard InChI is InChI=1S/C27H22ClN5O3/c1-3-22-30-24-20(28)10-11-29-26(24)33(22)13-16-8-9-18-17(12-16)14-35-21-7-5-4-6-19(21)23(18)15(2)25-31-27(34)36-32-25/h4-12H,3,13-14H2,1-2H3,(H,31,32,34). The third kappa shape index (κ3) is 3.70. The van der Waals surface area contributed by atoms with Crippen LogP contribution in [0.4, 0.5) is 0 Å². The van der Waals surface area contributed by atoms with Crippen LogP contribution in [0.3, 0.4) is 0 Å². The zero-order valence-electron chi connectivity index (χ0n) is 19.7. The molecule has 0 saturated heterocycles. The first-order valence-electron chi connectivity index (χ1n) is 11.6. The fourth-order valence-corrected chi connectivity index (χ4v) is 4.96. The number of halogens is 1. The van der Waals surface area contributed by atoms with E-state index in [4.69, 9.17) is 25.8 Å². The number of pyridine rings is 1. The predicted molar refractivity (Wildman–Crippen MR) is 137 cm³/mol. The van der Waals surface area contributed by atoms with Gasteiger partial charge in [-0.15, -0.1) is 0 Å². The highest BCUT2D eigenvalue weighted by Gasteiger charge is 2.23. The van der Waals surface area contributed by atoms with Crippen LogP contribution in [0.25, 0.3) is 22.3 Å². The smallest absolute Gasteiger partial charge is 0.439 e. The summed E-state index contributed by atoms with van der Waals surface area (Å²) in [6, 6.07) is 16.0. The number of ether oxygens (including phenoxy) is 1. The molecule has 0 fully saturated rings. The number of rotatable bonds is 4. The predicted octanol–water partition coefficient (Wildman–Crippen LogP) is 5.24. The number of H-pyrrole nitrogens is 1. The van der Waals surface area contributed by atoms with Crippen molar-refractivity contribution in [2.45, 2.75) is 33.4 Å². The summed E-state index contributed by atoms with van der Waals surface area (Å²) in [5.74, 6) is 1.49. The van der Waals surface area contributed by atoms with Crippen LogP contribution in [0.5, 0.6) is 5.75 Å². The van der Waals surface area contributed by atoms with E-state index >= 15 is 0 Å². The van der Waals surface area contributed by atoms with Crippen LogP contribution < -0.4 is 10.5 Å². The second-order valence-corrected chi connectivity index (χ2v) is 9.06. The van der Waals surface area contributed by atoms with Gasteiger partial charge in [-0.1, -0.05) is 54.0 Å². The number of para-hydroxylation sites is 1. The van der Waals surface area contributed by atoms with Crippen molar-refractivity contribution in [1.29, 1.82) is 0 Å². The van der Waals surface area contributed by atoms with E-state index in [-0.39, 0.29) is 0 Å². The van der Waals surface area contributed by atoms with Crippen molar-refractivity contribution < 1.29 is 9.26 Å². The first kappa shape index (κ1) is 22.3. The number of hydrogen-bond acceptors (Lipinski definition) is 6. The molecule has 0 spiro atoms. The Morgan fingerprint density at radius 1 is 1.17 bits per heavy atom. The molecule has 0 bridgehead atoms. The highest BCUT2D eigenvalue weighted by molar-refractivity contribution is 6.34. The molecule has 9 heteroatoms. The maximum Gasteiger partial charge on any atom is 0.439 e. The minimum absolute atomic E-state index is 0.391. The van der Waals surface area contributed by atoms with Gasteiger partial charge in [-0.25, -0.2) is 14.8 Å². The van der Waals surface area contributed by atoms with Crippen LogP contribution in [0.2, 0.25) is 5.02 Å². The number of aromatic nitrogens is 5. The van der Waals surface area contributed by atoms with E-state index in [9.17, 15) is 4.79 Å². The molecule has 0 atom stereocenters. The van der Waals surface area contributed by atoms with E-state index in [2.05, 4.69) is 44.8 Å². The average molecular weight is 500 g/mol. The summed E-state index contributed by atoms with van der Waals surface area (Å²) < 4.78 is 13.1. The summed E-state index contributed by atoms with van der Waals surface area (Å²) in [7, 11) is 0. The molecule has 1 aliphatic heterocycles. The summed E-state index contributed by atoms with van der Waals surface area (Å²) in [6.45, 7) is 4.99. The maximum absolute atomic E-state index is 11.6. The van der Waals surface area contributed by atoms with E-state index in [1.165, 1.54) is 0 Å². The van der Waals surface area contributed by atoms with Crippen molar-refractivity contribution in [3.8, 4) is 5.75 Å². The molecule has 180 valence electrons. The normalized spacial score (nSPS) is 14.2. The van der Waals surface area contributed by atoms with E-state index in [0.29, 0.717) is 29.5 Å². The van der Waals surface area contributed by atoms with E-state index in [1.807, 2.05) is 31.2 Å². The number of hydrogen-bond donors (Lipinski definition) is 1. The summed E-state index contributed by atoms with van der Waals surface area (Å²) >= 11 is 6.39. The zero-order valence-corrected chi connectivity index (χ0v) is 20.5. The van der Waals surface area contributed by atoms with Gasteiger partial charge < -0.3 is 9.30 Å². The molecule has 2 aromatic carbocycles. The Balaban J connectivity index is 1.49. The monoisotopic (exact) mass is 499 g/mol. The average Bonchev–Trinajstić information content (AvgIpc) is 3.44. The van der Waals surface area contributed by atoms with Crippen molar-refractivity contribution in [2.75, 3.05) is 0 Å². The van der Waals surface area contributed by atoms with Crippen molar-refractivity contribution in [2.24, 2.45) is 0 Å². The van der Waals surface area contributed by atoms with Crippen LogP contribution in [0.1, 0.15) is 47.8 Å². The van der Waals surface area contributed by atoms with Gasteiger partial charge in [-0.2, -0.15) is 0 Å². The third-order valence-corrected chi connectivity index (χ3v) is 6.77. The second-order valence-electron chi connectivity index (χ2n) is 8.65. The molecule has 0 unspecified atom stereocenters. The molecule has 0 saturated carbocycles. The largest absolute Gasteiger partial charge is 0.488 e. The quantitative estimate of drug-likeness (QED) is 0.363. The highest BCUT2D eigenvalue weighted by atomic mass is 35.5. The Hall–Kier alpha value is -4.17. The number of fused-ring (bicyclic) bond motifs is 3. The van der Waals surface area contributed by atoms with Gasteiger partial charge in [0.05, 0.1) is 11.6 Å². The topological polar surface area (TPSA) is 98.8 Å². The molecule has 0 radical (unpaired) electrons. The molecule has 8 nitrogen and oxygen atoms in total. The van der Waals surface area contributed by atoms with Crippen LogP contribution >= 0.6 is 11.6 Å². The number of imidazole rings is 1. The molecular weight excluding hydrogens is 478 g/mol. The molecule has 36 heavy (non-hydrogen) atoms. The van der Waals surface area contributed by atoms with Gasteiger partial charge in [-0.05, 0) is 47.4 Å². The summed E-state index contributed by atoms with van der Waals surface area (Å²) in [5.41, 5.74) is 7.26. The molecule has 0 amide bonds.